The van der Waals surface area contributed by atoms with Crippen molar-refractivity contribution in [3.63, 3.8) is 0 Å². The SMILES string of the molecule is Cc1cc(NC(=O)Nc2ccc(C(C)C)cc2)nn1C. The molecule has 1 aromatic carbocycles. The van der Waals surface area contributed by atoms with Crippen LogP contribution in [0.25, 0.3) is 0 Å². The molecule has 0 bridgehead atoms. The molecule has 0 saturated carbocycles. The number of benzene rings is 1. The minimum absolute atomic E-state index is 0.291. The maximum Gasteiger partial charge on any atom is 0.324 e. The highest BCUT2D eigenvalue weighted by molar-refractivity contribution is 5.99. The van der Waals surface area contributed by atoms with Crippen molar-refractivity contribution in [3.05, 3.63) is 41.6 Å². The second kappa shape index (κ2) is 5.77. The lowest BCUT2D eigenvalue weighted by Crippen LogP contribution is -2.19. The number of amides is 2. The number of anilines is 2. The van der Waals surface area contributed by atoms with E-state index in [1.54, 1.807) is 4.68 Å². The summed E-state index contributed by atoms with van der Waals surface area (Å²) >= 11 is 0. The second-order valence-electron chi connectivity index (χ2n) is 5.15. The Kier molecular flexibility index (Phi) is 4.08. The Hall–Kier alpha value is -2.30. The van der Waals surface area contributed by atoms with Crippen LogP contribution < -0.4 is 10.6 Å². The van der Waals surface area contributed by atoms with Crippen molar-refractivity contribution in [1.29, 1.82) is 0 Å². The number of carbonyl (C=O) groups is 1. The van der Waals surface area contributed by atoms with Gasteiger partial charge in [0.1, 0.15) is 0 Å². The minimum Gasteiger partial charge on any atom is -0.308 e. The van der Waals surface area contributed by atoms with Gasteiger partial charge in [-0.25, -0.2) is 4.79 Å². The maximum absolute atomic E-state index is 11.8. The largest absolute Gasteiger partial charge is 0.324 e. The summed E-state index contributed by atoms with van der Waals surface area (Å²) in [6.07, 6.45) is 0. The van der Waals surface area contributed by atoms with Gasteiger partial charge in [0.2, 0.25) is 0 Å². The van der Waals surface area contributed by atoms with Crippen LogP contribution >= 0.6 is 0 Å². The fourth-order valence-electron chi connectivity index (χ4n) is 1.85. The number of urea groups is 1. The first-order valence-corrected chi connectivity index (χ1v) is 6.64. The van der Waals surface area contributed by atoms with Crippen molar-refractivity contribution in [2.45, 2.75) is 26.7 Å². The molecule has 2 amide bonds. The van der Waals surface area contributed by atoms with Gasteiger partial charge in [-0.05, 0) is 30.5 Å². The molecule has 0 atom stereocenters. The van der Waals surface area contributed by atoms with Crippen LogP contribution in [0, 0.1) is 6.92 Å². The molecule has 106 valence electrons. The van der Waals surface area contributed by atoms with Crippen molar-refractivity contribution in [3.8, 4) is 0 Å². The van der Waals surface area contributed by atoms with E-state index in [1.807, 2.05) is 44.3 Å². The van der Waals surface area contributed by atoms with Crippen molar-refractivity contribution >= 4 is 17.5 Å². The molecule has 2 rings (SSSR count). The lowest BCUT2D eigenvalue weighted by Gasteiger charge is -2.08. The third-order valence-corrected chi connectivity index (χ3v) is 3.19. The van der Waals surface area contributed by atoms with Crippen LogP contribution in [0.5, 0.6) is 0 Å². The quantitative estimate of drug-likeness (QED) is 0.898. The number of hydrogen-bond donors (Lipinski definition) is 2. The number of aromatic nitrogens is 2. The fourth-order valence-corrected chi connectivity index (χ4v) is 1.85. The molecule has 0 aliphatic carbocycles. The number of aryl methyl sites for hydroxylation is 2. The van der Waals surface area contributed by atoms with Crippen LogP contribution in [0.4, 0.5) is 16.3 Å². The summed E-state index contributed by atoms with van der Waals surface area (Å²) < 4.78 is 1.72. The van der Waals surface area contributed by atoms with E-state index in [2.05, 4.69) is 29.6 Å². The zero-order valence-corrected chi connectivity index (χ0v) is 12.3. The van der Waals surface area contributed by atoms with Gasteiger partial charge in [-0.2, -0.15) is 5.10 Å². The van der Waals surface area contributed by atoms with E-state index in [4.69, 9.17) is 0 Å². The highest BCUT2D eigenvalue weighted by Crippen LogP contribution is 2.17. The summed E-state index contributed by atoms with van der Waals surface area (Å²) in [7, 11) is 1.84. The van der Waals surface area contributed by atoms with Gasteiger partial charge in [-0.15, -0.1) is 0 Å². The molecule has 2 aromatic rings. The molecular formula is C15H20N4O. The minimum atomic E-state index is -0.291. The Morgan fingerprint density at radius 3 is 2.35 bits per heavy atom. The average Bonchev–Trinajstić information content (AvgIpc) is 2.68. The van der Waals surface area contributed by atoms with E-state index in [-0.39, 0.29) is 6.03 Å². The van der Waals surface area contributed by atoms with Crippen molar-refractivity contribution < 1.29 is 4.79 Å². The third kappa shape index (κ3) is 3.38. The maximum atomic E-state index is 11.8. The zero-order valence-electron chi connectivity index (χ0n) is 12.3. The van der Waals surface area contributed by atoms with Gasteiger partial charge in [-0.1, -0.05) is 26.0 Å². The Morgan fingerprint density at radius 2 is 1.85 bits per heavy atom. The summed E-state index contributed by atoms with van der Waals surface area (Å²) in [6.45, 7) is 6.21. The van der Waals surface area contributed by atoms with Crippen LogP contribution in [-0.4, -0.2) is 15.8 Å². The van der Waals surface area contributed by atoms with Crippen molar-refractivity contribution in [1.82, 2.24) is 9.78 Å². The van der Waals surface area contributed by atoms with Gasteiger partial charge in [0.25, 0.3) is 0 Å². The summed E-state index contributed by atoms with van der Waals surface area (Å²) in [4.78, 5) is 11.8. The van der Waals surface area contributed by atoms with Crippen LogP contribution in [0.3, 0.4) is 0 Å². The monoisotopic (exact) mass is 272 g/mol. The van der Waals surface area contributed by atoms with Gasteiger partial charge in [0.15, 0.2) is 5.82 Å². The topological polar surface area (TPSA) is 59.0 Å². The molecule has 1 heterocycles. The number of hydrogen-bond acceptors (Lipinski definition) is 2. The van der Waals surface area contributed by atoms with Gasteiger partial charge >= 0.3 is 6.03 Å². The fraction of sp³-hybridized carbons (Fsp3) is 0.333. The average molecular weight is 272 g/mol. The highest BCUT2D eigenvalue weighted by Gasteiger charge is 2.07. The standard InChI is InChI=1S/C15H20N4O/c1-10(2)12-5-7-13(8-6-12)16-15(20)17-14-9-11(3)19(4)18-14/h5-10H,1-4H3,(H2,16,17,18,20). The summed E-state index contributed by atoms with van der Waals surface area (Å²) in [5.74, 6) is 1.02. The molecule has 0 aliphatic rings. The lowest BCUT2D eigenvalue weighted by molar-refractivity contribution is 0.262. The van der Waals surface area contributed by atoms with E-state index in [0.717, 1.165) is 11.4 Å². The predicted octanol–water partition coefficient (Wildman–Crippen LogP) is 3.50. The first kappa shape index (κ1) is 14.1. The molecular weight excluding hydrogens is 252 g/mol. The molecule has 0 saturated heterocycles. The Bertz CT molecular complexity index is 579. The molecule has 0 fully saturated rings. The molecule has 0 aliphatic heterocycles. The van der Waals surface area contributed by atoms with E-state index >= 15 is 0 Å². The first-order chi connectivity index (χ1) is 9.45. The summed E-state index contributed by atoms with van der Waals surface area (Å²) in [5, 5.41) is 9.67. The van der Waals surface area contributed by atoms with Gasteiger partial charge in [0, 0.05) is 24.5 Å². The Morgan fingerprint density at radius 1 is 1.20 bits per heavy atom. The normalized spacial score (nSPS) is 10.7. The van der Waals surface area contributed by atoms with Gasteiger partial charge in [0.05, 0.1) is 0 Å². The summed E-state index contributed by atoms with van der Waals surface area (Å²) in [5.41, 5.74) is 3.00. The van der Waals surface area contributed by atoms with Crippen LogP contribution in [0.1, 0.15) is 31.0 Å². The number of nitrogens with one attached hydrogen (secondary N) is 2. The first-order valence-electron chi connectivity index (χ1n) is 6.64. The molecule has 0 radical (unpaired) electrons. The zero-order chi connectivity index (χ0) is 14.7. The molecule has 1 aromatic heterocycles. The van der Waals surface area contributed by atoms with E-state index in [1.165, 1.54) is 5.56 Å². The van der Waals surface area contributed by atoms with Crippen LogP contribution in [0.2, 0.25) is 0 Å². The van der Waals surface area contributed by atoms with Crippen LogP contribution in [0.15, 0.2) is 30.3 Å². The van der Waals surface area contributed by atoms with Gasteiger partial charge < -0.3 is 5.32 Å². The van der Waals surface area contributed by atoms with E-state index < -0.39 is 0 Å². The molecule has 5 nitrogen and oxygen atoms in total. The van der Waals surface area contributed by atoms with E-state index in [9.17, 15) is 4.79 Å². The summed E-state index contributed by atoms with van der Waals surface area (Å²) in [6, 6.07) is 9.37. The lowest BCUT2D eigenvalue weighted by atomic mass is 10.0. The second-order valence-corrected chi connectivity index (χ2v) is 5.15. The highest BCUT2D eigenvalue weighted by atomic mass is 16.2. The predicted molar refractivity (Wildman–Crippen MR) is 81.1 cm³/mol. The number of rotatable bonds is 3. The van der Waals surface area contributed by atoms with Crippen LogP contribution in [-0.2, 0) is 7.05 Å². The molecule has 0 unspecified atom stereocenters. The van der Waals surface area contributed by atoms with Gasteiger partial charge in [-0.3, -0.25) is 10.00 Å². The van der Waals surface area contributed by atoms with Crippen molar-refractivity contribution in [2.75, 3.05) is 10.6 Å². The smallest absolute Gasteiger partial charge is 0.308 e. The molecule has 2 N–H and O–H groups in total. The van der Waals surface area contributed by atoms with E-state index in [0.29, 0.717) is 11.7 Å². The molecule has 5 heteroatoms. The molecule has 20 heavy (non-hydrogen) atoms. The Labute approximate surface area is 119 Å². The van der Waals surface area contributed by atoms with Crippen molar-refractivity contribution in [2.24, 2.45) is 7.05 Å². The molecule has 0 spiro atoms. The Balaban J connectivity index is 1.97. The number of carbonyl (C=O) groups excluding carboxylic acids is 1. The third-order valence-electron chi connectivity index (χ3n) is 3.19. The number of nitrogens with zero attached hydrogens (tertiary/aromatic N) is 2.